The van der Waals surface area contributed by atoms with Gasteiger partial charge in [-0.05, 0) is 61.0 Å². The van der Waals surface area contributed by atoms with Gasteiger partial charge in [-0.25, -0.2) is 4.79 Å². The number of aliphatic hydroxyl groups excluding tert-OH is 1. The van der Waals surface area contributed by atoms with Gasteiger partial charge in [0.1, 0.15) is 17.3 Å². The van der Waals surface area contributed by atoms with Crippen molar-refractivity contribution in [1.82, 2.24) is 0 Å². The number of carbonyl (C=O) groups excluding carboxylic acids is 3. The van der Waals surface area contributed by atoms with Crippen molar-refractivity contribution < 1.29 is 33.7 Å². The van der Waals surface area contributed by atoms with Crippen LogP contribution in [0.3, 0.4) is 0 Å². The van der Waals surface area contributed by atoms with E-state index in [2.05, 4.69) is 0 Å². The van der Waals surface area contributed by atoms with Crippen molar-refractivity contribution in [3.63, 3.8) is 0 Å². The highest BCUT2D eigenvalue weighted by Crippen LogP contribution is 2.44. The van der Waals surface area contributed by atoms with Crippen molar-refractivity contribution in [2.24, 2.45) is 0 Å². The van der Waals surface area contributed by atoms with Crippen molar-refractivity contribution in [2.45, 2.75) is 13.0 Å². The minimum atomic E-state index is -1.05. The Bertz CT molecular complexity index is 1420. The molecule has 3 aromatic carbocycles. The lowest BCUT2D eigenvalue weighted by Gasteiger charge is -2.26. The van der Waals surface area contributed by atoms with Crippen LogP contribution in [0.15, 0.2) is 72.3 Å². The monoisotopic (exact) mass is 521 g/mol. The van der Waals surface area contributed by atoms with E-state index >= 15 is 0 Å². The molecule has 0 aromatic heterocycles. The van der Waals surface area contributed by atoms with Crippen molar-refractivity contribution in [3.8, 4) is 11.5 Å². The van der Waals surface area contributed by atoms with Crippen molar-refractivity contribution in [3.05, 3.63) is 94.0 Å². The minimum Gasteiger partial charge on any atom is -0.507 e. The first kappa shape index (κ1) is 25.8. The molecule has 8 nitrogen and oxygen atoms in total. The third-order valence-electron chi connectivity index (χ3n) is 5.92. The quantitative estimate of drug-likeness (QED) is 0.198. The number of benzene rings is 3. The lowest BCUT2D eigenvalue weighted by atomic mass is 9.94. The topological polar surface area (TPSA) is 102 Å². The zero-order valence-corrected chi connectivity index (χ0v) is 21.1. The summed E-state index contributed by atoms with van der Waals surface area (Å²) in [6.45, 7) is 1.87. The summed E-state index contributed by atoms with van der Waals surface area (Å²) in [6, 6.07) is 16.6. The molecule has 0 bridgehead atoms. The maximum atomic E-state index is 13.4. The van der Waals surface area contributed by atoms with Gasteiger partial charge in [0.05, 0.1) is 43.0 Å². The van der Waals surface area contributed by atoms with Gasteiger partial charge in [0.2, 0.25) is 0 Å². The molecule has 1 atom stereocenters. The van der Waals surface area contributed by atoms with E-state index in [0.717, 1.165) is 0 Å². The molecule has 1 aliphatic rings. The van der Waals surface area contributed by atoms with Gasteiger partial charge in [-0.3, -0.25) is 14.5 Å². The second-order valence-corrected chi connectivity index (χ2v) is 8.47. The number of aliphatic hydroxyl groups is 1. The lowest BCUT2D eigenvalue weighted by molar-refractivity contribution is -0.132. The van der Waals surface area contributed by atoms with Crippen LogP contribution >= 0.6 is 11.6 Å². The van der Waals surface area contributed by atoms with Gasteiger partial charge < -0.3 is 19.3 Å². The first-order chi connectivity index (χ1) is 17.8. The summed E-state index contributed by atoms with van der Waals surface area (Å²) < 4.78 is 15.7. The van der Waals surface area contributed by atoms with E-state index in [1.807, 2.05) is 0 Å². The largest absolute Gasteiger partial charge is 0.507 e. The van der Waals surface area contributed by atoms with E-state index in [1.54, 1.807) is 55.5 Å². The molecule has 0 spiro atoms. The summed E-state index contributed by atoms with van der Waals surface area (Å²) in [5.41, 5.74) is 0.945. The summed E-state index contributed by atoms with van der Waals surface area (Å²) in [7, 11) is 2.95. The molecule has 190 valence electrons. The molecule has 1 unspecified atom stereocenters. The number of ketones is 1. The summed E-state index contributed by atoms with van der Waals surface area (Å²) in [5, 5.41) is 11.5. The molecule has 1 fully saturated rings. The molecule has 1 amide bonds. The Labute approximate surface area is 218 Å². The Morgan fingerprint density at radius 2 is 1.68 bits per heavy atom. The van der Waals surface area contributed by atoms with Crippen molar-refractivity contribution >= 4 is 40.7 Å². The molecule has 1 N–H and O–H groups in total. The van der Waals surface area contributed by atoms with E-state index in [0.29, 0.717) is 17.1 Å². The summed E-state index contributed by atoms with van der Waals surface area (Å²) in [5.74, 6) is -1.93. The summed E-state index contributed by atoms with van der Waals surface area (Å²) >= 11 is 6.36. The Balaban J connectivity index is 1.96. The first-order valence-electron chi connectivity index (χ1n) is 11.4. The summed E-state index contributed by atoms with van der Waals surface area (Å²) in [4.78, 5) is 40.5. The fourth-order valence-corrected chi connectivity index (χ4v) is 4.39. The number of amides is 1. The van der Waals surface area contributed by atoms with E-state index in [4.69, 9.17) is 25.8 Å². The van der Waals surface area contributed by atoms with Crippen molar-refractivity contribution in [1.29, 1.82) is 0 Å². The fraction of sp³-hybridized carbons (Fsp3) is 0.179. The predicted octanol–water partition coefficient (Wildman–Crippen LogP) is 5.16. The average Bonchev–Trinajstić information content (AvgIpc) is 3.19. The predicted molar refractivity (Wildman–Crippen MR) is 138 cm³/mol. The first-order valence-corrected chi connectivity index (χ1v) is 11.7. The Hall–Kier alpha value is -4.30. The number of hydrogen-bond donors (Lipinski definition) is 1. The molecule has 4 rings (SSSR count). The number of methoxy groups -OCH3 is 2. The molecular weight excluding hydrogens is 498 g/mol. The number of ether oxygens (including phenoxy) is 3. The third kappa shape index (κ3) is 4.88. The zero-order chi connectivity index (χ0) is 26.7. The number of hydrogen-bond acceptors (Lipinski definition) is 7. The fourth-order valence-electron chi connectivity index (χ4n) is 4.18. The highest BCUT2D eigenvalue weighted by molar-refractivity contribution is 6.52. The van der Waals surface area contributed by atoms with Crippen LogP contribution in [0.25, 0.3) is 5.76 Å². The number of nitrogens with zero attached hydrogens (tertiary/aromatic N) is 1. The van der Waals surface area contributed by atoms with Crippen LogP contribution in [-0.4, -0.2) is 43.6 Å². The van der Waals surface area contributed by atoms with Crippen LogP contribution < -0.4 is 14.4 Å². The minimum absolute atomic E-state index is 0.132. The number of rotatable bonds is 7. The van der Waals surface area contributed by atoms with Gasteiger partial charge in [-0.1, -0.05) is 29.8 Å². The standard InChI is InChI=1S/C28H24ClNO7/c1-4-37-28(34)17-8-5-9-18(13-17)30-24(16-7-6-10-19(14-16)35-2)23(26(32)27(30)33)25(31)21-15-20(36-3)11-12-22(21)29/h5-15,24,31H,4H2,1-3H3/b25-23+. The highest BCUT2D eigenvalue weighted by Gasteiger charge is 2.47. The molecule has 1 heterocycles. The molecule has 1 saturated heterocycles. The molecule has 9 heteroatoms. The third-order valence-corrected chi connectivity index (χ3v) is 6.25. The summed E-state index contributed by atoms with van der Waals surface area (Å²) in [6.07, 6.45) is 0. The van der Waals surface area contributed by atoms with Gasteiger partial charge in [-0.2, -0.15) is 0 Å². The van der Waals surface area contributed by atoms with E-state index in [1.165, 1.54) is 37.3 Å². The second kappa shape index (κ2) is 10.8. The molecule has 0 aliphatic carbocycles. The number of anilines is 1. The number of carbonyl (C=O) groups is 3. The van der Waals surface area contributed by atoms with Crippen molar-refractivity contribution in [2.75, 3.05) is 25.7 Å². The molecule has 0 radical (unpaired) electrons. The number of Topliss-reactive ketones (excluding diaryl/α,β-unsaturated/α-hetero) is 1. The van der Waals surface area contributed by atoms with Crippen LogP contribution in [-0.2, 0) is 14.3 Å². The van der Waals surface area contributed by atoms with Crippen LogP contribution in [0.1, 0.15) is 34.5 Å². The molecule has 1 aliphatic heterocycles. The normalized spacial score (nSPS) is 16.5. The van der Waals surface area contributed by atoms with E-state index < -0.39 is 29.5 Å². The lowest BCUT2D eigenvalue weighted by Crippen LogP contribution is -2.29. The smallest absolute Gasteiger partial charge is 0.338 e. The van der Waals surface area contributed by atoms with E-state index in [9.17, 15) is 19.5 Å². The molecule has 0 saturated carbocycles. The maximum absolute atomic E-state index is 13.4. The second-order valence-electron chi connectivity index (χ2n) is 8.06. The molecular formula is C28H24ClNO7. The van der Waals surface area contributed by atoms with Gasteiger partial charge in [-0.15, -0.1) is 0 Å². The van der Waals surface area contributed by atoms with Crippen LogP contribution in [0.2, 0.25) is 5.02 Å². The maximum Gasteiger partial charge on any atom is 0.338 e. The average molecular weight is 522 g/mol. The zero-order valence-electron chi connectivity index (χ0n) is 20.4. The van der Waals surface area contributed by atoms with Gasteiger partial charge >= 0.3 is 5.97 Å². The van der Waals surface area contributed by atoms with E-state index in [-0.39, 0.29) is 34.0 Å². The molecule has 37 heavy (non-hydrogen) atoms. The van der Waals surface area contributed by atoms with Crippen LogP contribution in [0.4, 0.5) is 5.69 Å². The number of halogens is 1. The van der Waals surface area contributed by atoms with Gasteiger partial charge in [0.25, 0.3) is 11.7 Å². The Morgan fingerprint density at radius 1 is 0.973 bits per heavy atom. The van der Waals surface area contributed by atoms with Gasteiger partial charge in [0, 0.05) is 11.3 Å². The Morgan fingerprint density at radius 3 is 2.38 bits per heavy atom. The SMILES string of the molecule is CCOC(=O)c1cccc(N2C(=O)C(=O)/C(=C(/O)c3cc(OC)ccc3Cl)C2c2cccc(OC)c2)c1. The number of esters is 1. The van der Waals surface area contributed by atoms with Crippen LogP contribution in [0.5, 0.6) is 11.5 Å². The molecule has 3 aromatic rings. The highest BCUT2D eigenvalue weighted by atomic mass is 35.5. The Kier molecular flexibility index (Phi) is 7.50. The van der Waals surface area contributed by atoms with Gasteiger partial charge in [0.15, 0.2) is 0 Å². The van der Waals surface area contributed by atoms with Crippen LogP contribution in [0, 0.1) is 0 Å².